The average Bonchev–Trinajstić information content (AvgIpc) is 2.84. The number of amides is 1. The Morgan fingerprint density at radius 1 is 0.941 bits per heavy atom. The molecule has 0 atom stereocenters. The summed E-state index contributed by atoms with van der Waals surface area (Å²) in [6.07, 6.45) is 12.4. The Balaban J connectivity index is 2.22. The number of hydrogen-bond acceptors (Lipinski definition) is 5. The topological polar surface area (TPSA) is 59.6 Å². The van der Waals surface area contributed by atoms with Gasteiger partial charge in [0.25, 0.3) is 0 Å². The van der Waals surface area contributed by atoms with Crippen molar-refractivity contribution >= 4 is 40.6 Å². The van der Waals surface area contributed by atoms with Crippen LogP contribution in [0.3, 0.4) is 0 Å². The first-order chi connectivity index (χ1) is 16.6. The fourth-order valence-corrected chi connectivity index (χ4v) is 4.15. The van der Waals surface area contributed by atoms with Gasteiger partial charge in [0.15, 0.2) is 0 Å². The Hall–Kier alpha value is -1.15. The van der Waals surface area contributed by atoms with Crippen LogP contribution in [0.5, 0.6) is 0 Å². The minimum atomic E-state index is 0.0145. The van der Waals surface area contributed by atoms with E-state index in [2.05, 4.69) is 36.8 Å². The number of aryl methyl sites for hydroxylation is 1. The largest absolute Gasteiger partial charge is 0.381 e. The van der Waals surface area contributed by atoms with E-state index in [0.717, 1.165) is 73.0 Å². The van der Waals surface area contributed by atoms with Crippen molar-refractivity contribution in [1.82, 2.24) is 5.32 Å². The highest BCUT2D eigenvalue weighted by Crippen LogP contribution is 2.19. The van der Waals surface area contributed by atoms with Crippen LogP contribution in [0.4, 0.5) is 5.69 Å². The van der Waals surface area contributed by atoms with Gasteiger partial charge in [-0.05, 0) is 55.7 Å². The van der Waals surface area contributed by atoms with Gasteiger partial charge in [0.2, 0.25) is 5.91 Å². The molecule has 0 aliphatic rings. The molecule has 194 valence electrons. The van der Waals surface area contributed by atoms with Crippen molar-refractivity contribution in [3.63, 3.8) is 0 Å². The van der Waals surface area contributed by atoms with Gasteiger partial charge >= 0.3 is 0 Å². The Bertz CT molecular complexity index is 686. The molecule has 0 fully saturated rings. The molecule has 2 N–H and O–H groups in total. The Labute approximate surface area is 217 Å². The third kappa shape index (κ3) is 15.0. The minimum Gasteiger partial charge on any atom is -0.381 e. The van der Waals surface area contributed by atoms with E-state index in [1.54, 1.807) is 0 Å². The summed E-state index contributed by atoms with van der Waals surface area (Å²) in [6.45, 7) is 8.06. The second kappa shape index (κ2) is 21.2. The van der Waals surface area contributed by atoms with Crippen molar-refractivity contribution < 1.29 is 14.3 Å². The van der Waals surface area contributed by atoms with Crippen LogP contribution in [-0.2, 0) is 20.7 Å². The second-order valence-corrected chi connectivity index (χ2v) is 9.87. The SMILES string of the molecule is CCCCCCCOCCCOCCCC(=O)Nc1cc(C(=S)NCCCSC)ccc1CC. The monoisotopic (exact) mass is 510 g/mol. The number of carbonyl (C=O) groups excluding carboxylic acids is 1. The molecule has 1 aromatic rings. The molecule has 7 heteroatoms. The number of thioether (sulfide) groups is 1. The van der Waals surface area contributed by atoms with Crippen LogP contribution in [0, 0.1) is 0 Å². The fourth-order valence-electron chi connectivity index (χ4n) is 3.49. The molecule has 5 nitrogen and oxygen atoms in total. The third-order valence-corrected chi connectivity index (χ3v) is 6.58. The number of ether oxygens (including phenoxy) is 2. The normalized spacial score (nSPS) is 10.9. The summed E-state index contributed by atoms with van der Waals surface area (Å²) in [7, 11) is 0. The lowest BCUT2D eigenvalue weighted by atomic mass is 10.1. The van der Waals surface area contributed by atoms with Crippen LogP contribution in [0.15, 0.2) is 18.2 Å². The van der Waals surface area contributed by atoms with Crippen LogP contribution >= 0.6 is 24.0 Å². The van der Waals surface area contributed by atoms with Crippen LogP contribution in [-0.4, -0.2) is 55.9 Å². The second-order valence-electron chi connectivity index (χ2n) is 8.47. The molecule has 1 amide bonds. The van der Waals surface area contributed by atoms with Crippen molar-refractivity contribution in [1.29, 1.82) is 0 Å². The molecule has 0 aromatic heterocycles. The van der Waals surface area contributed by atoms with E-state index in [-0.39, 0.29) is 5.91 Å². The maximum Gasteiger partial charge on any atom is 0.224 e. The molecule has 0 unspecified atom stereocenters. The number of hydrogen-bond donors (Lipinski definition) is 2. The number of unbranched alkanes of at least 4 members (excludes halogenated alkanes) is 4. The van der Waals surface area contributed by atoms with E-state index < -0.39 is 0 Å². The van der Waals surface area contributed by atoms with Gasteiger partial charge < -0.3 is 20.1 Å². The number of anilines is 1. The van der Waals surface area contributed by atoms with E-state index in [4.69, 9.17) is 21.7 Å². The quantitative estimate of drug-likeness (QED) is 0.148. The first-order valence-corrected chi connectivity index (χ1v) is 14.8. The summed E-state index contributed by atoms with van der Waals surface area (Å²) >= 11 is 7.37. The summed E-state index contributed by atoms with van der Waals surface area (Å²) in [5.41, 5.74) is 2.91. The molecule has 0 spiro atoms. The fraction of sp³-hybridized carbons (Fsp3) is 0.704. The Kier molecular flexibility index (Phi) is 19.2. The molecule has 0 saturated carbocycles. The summed E-state index contributed by atoms with van der Waals surface area (Å²) in [4.78, 5) is 13.2. The minimum absolute atomic E-state index is 0.0145. The third-order valence-electron chi connectivity index (χ3n) is 5.50. The van der Waals surface area contributed by atoms with Crippen LogP contribution in [0.1, 0.15) is 82.8 Å². The average molecular weight is 511 g/mol. The zero-order valence-corrected chi connectivity index (χ0v) is 23.2. The van der Waals surface area contributed by atoms with Gasteiger partial charge in [-0.2, -0.15) is 11.8 Å². The van der Waals surface area contributed by atoms with Crippen LogP contribution < -0.4 is 10.6 Å². The lowest BCUT2D eigenvalue weighted by molar-refractivity contribution is -0.116. The van der Waals surface area contributed by atoms with Crippen molar-refractivity contribution in [2.75, 3.05) is 50.3 Å². The highest BCUT2D eigenvalue weighted by atomic mass is 32.2. The molecular formula is C27H46N2O3S2. The van der Waals surface area contributed by atoms with E-state index in [1.165, 1.54) is 25.7 Å². The first kappa shape index (κ1) is 30.9. The molecule has 0 heterocycles. The number of carbonyl (C=O) groups is 1. The van der Waals surface area contributed by atoms with Crippen LogP contribution in [0.2, 0.25) is 0 Å². The number of thiocarbonyl (C=S) groups is 1. The zero-order valence-electron chi connectivity index (χ0n) is 21.6. The highest BCUT2D eigenvalue weighted by Gasteiger charge is 2.09. The molecule has 0 aliphatic heterocycles. The lowest BCUT2D eigenvalue weighted by Gasteiger charge is -2.14. The Morgan fingerprint density at radius 2 is 1.65 bits per heavy atom. The lowest BCUT2D eigenvalue weighted by Crippen LogP contribution is -2.24. The predicted octanol–water partition coefficient (Wildman–Crippen LogP) is 6.38. The summed E-state index contributed by atoms with van der Waals surface area (Å²) in [5.74, 6) is 1.13. The van der Waals surface area contributed by atoms with Crippen molar-refractivity contribution in [3.05, 3.63) is 29.3 Å². The van der Waals surface area contributed by atoms with Gasteiger partial charge in [0, 0.05) is 50.6 Å². The molecule has 34 heavy (non-hydrogen) atoms. The van der Waals surface area contributed by atoms with Gasteiger partial charge in [-0.25, -0.2) is 0 Å². The number of nitrogens with one attached hydrogen (secondary N) is 2. The van der Waals surface area contributed by atoms with Gasteiger partial charge in [-0.3, -0.25) is 4.79 Å². The zero-order chi connectivity index (χ0) is 24.9. The molecule has 1 rings (SSSR count). The molecule has 0 aliphatic carbocycles. The molecule has 0 radical (unpaired) electrons. The smallest absolute Gasteiger partial charge is 0.224 e. The van der Waals surface area contributed by atoms with Crippen molar-refractivity contribution in [2.24, 2.45) is 0 Å². The van der Waals surface area contributed by atoms with Crippen LogP contribution in [0.25, 0.3) is 0 Å². The molecule has 0 saturated heterocycles. The Morgan fingerprint density at radius 3 is 2.35 bits per heavy atom. The van der Waals surface area contributed by atoms with Crippen molar-refractivity contribution in [3.8, 4) is 0 Å². The van der Waals surface area contributed by atoms with Gasteiger partial charge in [0.05, 0.1) is 0 Å². The van der Waals surface area contributed by atoms with E-state index in [1.807, 2.05) is 23.9 Å². The first-order valence-electron chi connectivity index (χ1n) is 13.0. The predicted molar refractivity (Wildman–Crippen MR) is 151 cm³/mol. The van der Waals surface area contributed by atoms with Gasteiger partial charge in [-0.15, -0.1) is 0 Å². The van der Waals surface area contributed by atoms with E-state index >= 15 is 0 Å². The van der Waals surface area contributed by atoms with Gasteiger partial charge in [0.1, 0.15) is 4.99 Å². The van der Waals surface area contributed by atoms with Crippen molar-refractivity contribution in [2.45, 2.75) is 78.1 Å². The summed E-state index contributed by atoms with van der Waals surface area (Å²) in [6, 6.07) is 6.07. The molecule has 1 aromatic carbocycles. The maximum absolute atomic E-state index is 12.5. The molecular weight excluding hydrogens is 464 g/mol. The van der Waals surface area contributed by atoms with E-state index in [0.29, 0.717) is 26.1 Å². The summed E-state index contributed by atoms with van der Waals surface area (Å²) in [5, 5.41) is 6.38. The maximum atomic E-state index is 12.5. The van der Waals surface area contributed by atoms with E-state index in [9.17, 15) is 4.79 Å². The molecule has 0 bridgehead atoms. The standard InChI is InChI=1S/C27H46N2O3S2/c1-4-6-7-8-9-17-31-19-12-20-32-18-10-13-26(30)29-25-22-24(15-14-23(25)5-2)27(33)28-16-11-21-34-3/h14-15,22H,4-13,16-21H2,1-3H3,(H,28,33)(H,29,30). The number of benzene rings is 1. The highest BCUT2D eigenvalue weighted by molar-refractivity contribution is 7.98. The summed E-state index contributed by atoms with van der Waals surface area (Å²) < 4.78 is 11.3. The number of rotatable bonds is 21. The van der Waals surface area contributed by atoms with Gasteiger partial charge in [-0.1, -0.05) is 63.9 Å².